The molecule has 2 aromatic rings. The first kappa shape index (κ1) is 13.7. The molecule has 6 nitrogen and oxygen atoms in total. The van der Waals surface area contributed by atoms with Gasteiger partial charge in [0, 0.05) is 25.0 Å². The molecule has 0 saturated heterocycles. The molecule has 19 heavy (non-hydrogen) atoms. The van der Waals surface area contributed by atoms with Crippen molar-refractivity contribution >= 4 is 0 Å². The standard InChI is InChI=1S/C13H22N6/c1-12(2)19-13(16-10-17-19)9-14-5-3-4-7-18-8-6-15-11-18/h6,8,10-12,14H,3-5,7,9H2,1-2H3. The third-order valence-electron chi connectivity index (χ3n) is 3.00. The van der Waals surface area contributed by atoms with Gasteiger partial charge in [0.25, 0.3) is 0 Å². The van der Waals surface area contributed by atoms with Crippen molar-refractivity contribution in [2.45, 2.75) is 45.8 Å². The van der Waals surface area contributed by atoms with Gasteiger partial charge in [-0.05, 0) is 33.2 Å². The Bertz CT molecular complexity index is 459. The van der Waals surface area contributed by atoms with Gasteiger partial charge in [-0.15, -0.1) is 0 Å². The van der Waals surface area contributed by atoms with Gasteiger partial charge in [-0.3, -0.25) is 0 Å². The summed E-state index contributed by atoms with van der Waals surface area (Å²) in [5.74, 6) is 1.00. The van der Waals surface area contributed by atoms with Crippen molar-refractivity contribution in [2.75, 3.05) is 6.54 Å². The van der Waals surface area contributed by atoms with Crippen molar-refractivity contribution in [3.8, 4) is 0 Å². The van der Waals surface area contributed by atoms with Crippen molar-refractivity contribution < 1.29 is 0 Å². The molecule has 0 atom stereocenters. The lowest BCUT2D eigenvalue weighted by Gasteiger charge is -2.10. The molecule has 1 N–H and O–H groups in total. The fraction of sp³-hybridized carbons (Fsp3) is 0.615. The van der Waals surface area contributed by atoms with Gasteiger partial charge in [-0.25, -0.2) is 14.6 Å². The molecule has 6 heteroatoms. The number of hydrogen-bond acceptors (Lipinski definition) is 4. The molecule has 0 radical (unpaired) electrons. The minimum absolute atomic E-state index is 0.362. The zero-order chi connectivity index (χ0) is 13.5. The lowest BCUT2D eigenvalue weighted by Crippen LogP contribution is -2.19. The molecule has 0 unspecified atom stereocenters. The largest absolute Gasteiger partial charge is 0.337 e. The van der Waals surface area contributed by atoms with Crippen molar-refractivity contribution in [2.24, 2.45) is 0 Å². The zero-order valence-electron chi connectivity index (χ0n) is 11.7. The molecule has 104 valence electrons. The summed E-state index contributed by atoms with van der Waals surface area (Å²) in [7, 11) is 0. The lowest BCUT2D eigenvalue weighted by atomic mass is 10.3. The highest BCUT2D eigenvalue weighted by Crippen LogP contribution is 2.04. The molecule has 0 spiro atoms. The average Bonchev–Trinajstić information content (AvgIpc) is 3.04. The van der Waals surface area contributed by atoms with Crippen LogP contribution in [0.2, 0.25) is 0 Å². The van der Waals surface area contributed by atoms with Gasteiger partial charge >= 0.3 is 0 Å². The van der Waals surface area contributed by atoms with E-state index in [-0.39, 0.29) is 0 Å². The third-order valence-corrected chi connectivity index (χ3v) is 3.00. The van der Waals surface area contributed by atoms with Gasteiger partial charge in [-0.1, -0.05) is 0 Å². The molecule has 0 fully saturated rings. The van der Waals surface area contributed by atoms with Crippen molar-refractivity contribution in [3.63, 3.8) is 0 Å². The van der Waals surface area contributed by atoms with Crippen LogP contribution in [0.15, 0.2) is 25.0 Å². The van der Waals surface area contributed by atoms with Gasteiger partial charge in [0.1, 0.15) is 12.2 Å². The highest BCUT2D eigenvalue weighted by molar-refractivity contribution is 4.85. The molecule has 0 amide bonds. The van der Waals surface area contributed by atoms with Gasteiger partial charge in [0.15, 0.2) is 0 Å². The summed E-state index contributed by atoms with van der Waals surface area (Å²) < 4.78 is 4.06. The summed E-state index contributed by atoms with van der Waals surface area (Å²) in [6.45, 7) is 7.04. The summed E-state index contributed by atoms with van der Waals surface area (Å²) in [5.41, 5.74) is 0. The molecule has 0 aliphatic rings. The fourth-order valence-corrected chi connectivity index (χ4v) is 2.00. The van der Waals surface area contributed by atoms with Gasteiger partial charge in [0.2, 0.25) is 0 Å². The topological polar surface area (TPSA) is 60.6 Å². The summed E-state index contributed by atoms with van der Waals surface area (Å²) in [4.78, 5) is 8.30. The van der Waals surface area contributed by atoms with Crippen LogP contribution in [0.3, 0.4) is 0 Å². The van der Waals surface area contributed by atoms with Crippen LogP contribution in [0, 0.1) is 0 Å². The average molecular weight is 262 g/mol. The molecule has 0 saturated carbocycles. The van der Waals surface area contributed by atoms with E-state index in [4.69, 9.17) is 0 Å². The second kappa shape index (κ2) is 7.04. The van der Waals surface area contributed by atoms with Crippen LogP contribution in [-0.2, 0) is 13.1 Å². The molecule has 2 heterocycles. The highest BCUT2D eigenvalue weighted by Gasteiger charge is 2.06. The zero-order valence-corrected chi connectivity index (χ0v) is 11.7. The van der Waals surface area contributed by atoms with Crippen LogP contribution in [0.4, 0.5) is 0 Å². The van der Waals surface area contributed by atoms with E-state index in [0.29, 0.717) is 6.04 Å². The van der Waals surface area contributed by atoms with Crippen LogP contribution in [0.25, 0.3) is 0 Å². The van der Waals surface area contributed by atoms with E-state index < -0.39 is 0 Å². The van der Waals surface area contributed by atoms with E-state index in [1.165, 1.54) is 0 Å². The molecule has 0 aromatic carbocycles. The second-order valence-electron chi connectivity index (χ2n) is 4.90. The van der Waals surface area contributed by atoms with E-state index in [2.05, 4.69) is 38.8 Å². The first-order valence-corrected chi connectivity index (χ1v) is 6.82. The van der Waals surface area contributed by atoms with Gasteiger partial charge < -0.3 is 9.88 Å². The smallest absolute Gasteiger partial charge is 0.141 e. The summed E-state index contributed by atoms with van der Waals surface area (Å²) in [6, 6.07) is 0.362. The maximum Gasteiger partial charge on any atom is 0.141 e. The quantitative estimate of drug-likeness (QED) is 0.734. The Kier molecular flexibility index (Phi) is 5.09. The predicted octanol–water partition coefficient (Wildman–Crippen LogP) is 1.63. The van der Waals surface area contributed by atoms with Crippen molar-refractivity contribution in [3.05, 3.63) is 30.9 Å². The molecule has 2 aromatic heterocycles. The number of nitrogens with zero attached hydrogens (tertiary/aromatic N) is 5. The van der Waals surface area contributed by atoms with Crippen LogP contribution in [-0.4, -0.2) is 30.9 Å². The molecule has 0 aliphatic carbocycles. The Balaban J connectivity index is 1.60. The van der Waals surface area contributed by atoms with Crippen molar-refractivity contribution in [1.82, 2.24) is 29.6 Å². The monoisotopic (exact) mass is 262 g/mol. The molecular formula is C13H22N6. The van der Waals surface area contributed by atoms with Crippen LogP contribution in [0.5, 0.6) is 0 Å². The van der Waals surface area contributed by atoms with E-state index in [1.807, 2.05) is 23.4 Å². The van der Waals surface area contributed by atoms with E-state index >= 15 is 0 Å². The number of unbranched alkanes of at least 4 members (excludes halogenated alkanes) is 1. The molecule has 0 bridgehead atoms. The molecule has 2 rings (SSSR count). The summed E-state index contributed by atoms with van der Waals surface area (Å²) >= 11 is 0. The Hall–Kier alpha value is -1.69. The Morgan fingerprint density at radius 1 is 1.32 bits per heavy atom. The van der Waals surface area contributed by atoms with Gasteiger partial charge in [0.05, 0.1) is 12.9 Å². The third kappa shape index (κ3) is 4.17. The first-order chi connectivity index (χ1) is 9.27. The fourth-order valence-electron chi connectivity index (χ4n) is 2.00. The first-order valence-electron chi connectivity index (χ1n) is 6.82. The Labute approximate surface area is 113 Å². The van der Waals surface area contributed by atoms with E-state index in [0.717, 1.165) is 38.3 Å². The molecular weight excluding hydrogens is 240 g/mol. The Morgan fingerprint density at radius 2 is 2.21 bits per heavy atom. The maximum absolute atomic E-state index is 4.27. The number of nitrogens with one attached hydrogen (secondary N) is 1. The van der Waals surface area contributed by atoms with E-state index in [1.54, 1.807) is 6.33 Å². The summed E-state index contributed by atoms with van der Waals surface area (Å²) in [5, 5.41) is 7.63. The van der Waals surface area contributed by atoms with E-state index in [9.17, 15) is 0 Å². The number of hydrogen-bond donors (Lipinski definition) is 1. The minimum atomic E-state index is 0.362. The van der Waals surface area contributed by atoms with Crippen LogP contribution >= 0.6 is 0 Å². The maximum atomic E-state index is 4.27. The van der Waals surface area contributed by atoms with Crippen molar-refractivity contribution in [1.29, 1.82) is 0 Å². The molecule has 0 aliphatic heterocycles. The summed E-state index contributed by atoms with van der Waals surface area (Å²) in [6.07, 6.45) is 9.60. The second-order valence-corrected chi connectivity index (χ2v) is 4.90. The lowest BCUT2D eigenvalue weighted by molar-refractivity contribution is 0.484. The van der Waals surface area contributed by atoms with Crippen LogP contribution in [0.1, 0.15) is 38.6 Å². The number of rotatable bonds is 8. The predicted molar refractivity (Wildman–Crippen MR) is 73.6 cm³/mol. The van der Waals surface area contributed by atoms with Crippen LogP contribution < -0.4 is 5.32 Å². The minimum Gasteiger partial charge on any atom is -0.337 e. The van der Waals surface area contributed by atoms with Gasteiger partial charge in [-0.2, -0.15) is 5.10 Å². The number of imidazole rings is 1. The normalized spacial score (nSPS) is 11.3. The SMILES string of the molecule is CC(C)n1ncnc1CNCCCCn1ccnc1. The highest BCUT2D eigenvalue weighted by atomic mass is 15.3. The Morgan fingerprint density at radius 3 is 2.95 bits per heavy atom. The number of aromatic nitrogens is 5. The number of aryl methyl sites for hydroxylation is 1.